The number of hydrogen-bond acceptors (Lipinski definition) is 0. The van der Waals surface area contributed by atoms with Crippen LogP contribution >= 0.6 is 46.4 Å². The number of halogens is 4. The summed E-state index contributed by atoms with van der Waals surface area (Å²) in [7, 11) is 0. The van der Waals surface area contributed by atoms with Gasteiger partial charge in [0.15, 0.2) is 3.79 Å². The minimum absolute atomic E-state index is 0.0721. The van der Waals surface area contributed by atoms with Crippen molar-refractivity contribution in [1.29, 1.82) is 0 Å². The molecule has 2 saturated carbocycles. The summed E-state index contributed by atoms with van der Waals surface area (Å²) in [4.78, 5) is 0. The Hall–Kier alpha value is 1.16. The molecule has 2 aliphatic carbocycles. The lowest BCUT2D eigenvalue weighted by atomic mass is 9.89. The molecule has 4 atom stereocenters. The van der Waals surface area contributed by atoms with Crippen LogP contribution in [-0.2, 0) is 0 Å². The first-order chi connectivity index (χ1) is 5.50. The molecule has 0 amide bonds. The Kier molecular flexibility index (Phi) is 2.49. The second-order valence-electron chi connectivity index (χ2n) is 3.85. The first kappa shape index (κ1) is 9.71. The molecule has 0 nitrogen and oxygen atoms in total. The van der Waals surface area contributed by atoms with Gasteiger partial charge in [-0.2, -0.15) is 0 Å². The smallest absolute Gasteiger partial charge is 0.122 e. The number of alkyl halides is 4. The first-order valence-electron chi connectivity index (χ1n) is 4.21. The number of hydrogen-bond donors (Lipinski definition) is 0. The van der Waals surface area contributed by atoms with E-state index in [9.17, 15) is 0 Å². The number of fused-ring (bicyclic) bond motifs is 2. The normalized spacial score (nSPS) is 47.0. The molecule has 0 aromatic carbocycles. The maximum Gasteiger partial charge on any atom is 0.195 e. The fourth-order valence-electron chi connectivity index (χ4n) is 2.67. The van der Waals surface area contributed by atoms with Crippen LogP contribution in [0.25, 0.3) is 0 Å². The highest BCUT2D eigenvalue weighted by Gasteiger charge is 2.54. The molecular formula is C8H10Cl4. The van der Waals surface area contributed by atoms with Crippen molar-refractivity contribution in [3.8, 4) is 0 Å². The third-order valence-corrected chi connectivity index (χ3v) is 4.58. The Bertz CT molecular complexity index is 184. The zero-order chi connectivity index (χ0) is 8.93. The molecule has 0 aliphatic heterocycles. The molecular weight excluding hydrogens is 238 g/mol. The quantitative estimate of drug-likeness (QED) is 0.568. The molecule has 1 unspecified atom stereocenters. The lowest BCUT2D eigenvalue weighted by Crippen LogP contribution is -2.33. The van der Waals surface area contributed by atoms with E-state index in [4.69, 9.17) is 46.4 Å². The summed E-state index contributed by atoms with van der Waals surface area (Å²) >= 11 is 23.8. The van der Waals surface area contributed by atoms with Crippen molar-refractivity contribution in [3.05, 3.63) is 0 Å². The molecule has 12 heavy (non-hydrogen) atoms. The predicted molar refractivity (Wildman–Crippen MR) is 54.3 cm³/mol. The van der Waals surface area contributed by atoms with Crippen LogP contribution in [0.15, 0.2) is 0 Å². The monoisotopic (exact) mass is 246 g/mol. The van der Waals surface area contributed by atoms with Crippen LogP contribution in [0, 0.1) is 17.8 Å². The minimum Gasteiger partial charge on any atom is -0.122 e. The van der Waals surface area contributed by atoms with Gasteiger partial charge in [-0.25, -0.2) is 0 Å². The Morgan fingerprint density at radius 3 is 1.92 bits per heavy atom. The highest BCUT2D eigenvalue weighted by atomic mass is 35.6. The lowest BCUT2D eigenvalue weighted by molar-refractivity contribution is 0.344. The highest BCUT2D eigenvalue weighted by Crippen LogP contribution is 2.58. The Labute approximate surface area is 92.5 Å². The lowest BCUT2D eigenvalue weighted by Gasteiger charge is -2.31. The fraction of sp³-hybridized carbons (Fsp3) is 1.00. The van der Waals surface area contributed by atoms with E-state index in [0.717, 1.165) is 6.42 Å². The molecule has 2 aliphatic rings. The van der Waals surface area contributed by atoms with Crippen molar-refractivity contribution in [2.45, 2.75) is 28.4 Å². The van der Waals surface area contributed by atoms with Gasteiger partial charge in [0.05, 0.1) is 0 Å². The van der Waals surface area contributed by atoms with E-state index in [1.807, 2.05) is 0 Å². The second kappa shape index (κ2) is 3.08. The molecule has 0 saturated heterocycles. The molecule has 0 spiro atoms. The Morgan fingerprint density at radius 2 is 1.58 bits per heavy atom. The summed E-state index contributed by atoms with van der Waals surface area (Å²) in [6.07, 6.45) is 3.56. The average Bonchev–Trinajstić information content (AvgIpc) is 2.42. The summed E-state index contributed by atoms with van der Waals surface area (Å²) in [5, 5.41) is 0.0799. The van der Waals surface area contributed by atoms with Crippen molar-refractivity contribution in [2.75, 3.05) is 0 Å². The van der Waals surface area contributed by atoms with Gasteiger partial charge in [0.1, 0.15) is 0 Å². The zero-order valence-corrected chi connectivity index (χ0v) is 9.47. The van der Waals surface area contributed by atoms with Crippen molar-refractivity contribution < 1.29 is 0 Å². The van der Waals surface area contributed by atoms with E-state index in [0.29, 0.717) is 11.8 Å². The van der Waals surface area contributed by atoms with E-state index in [1.54, 1.807) is 0 Å². The third-order valence-electron chi connectivity index (χ3n) is 3.19. The van der Waals surface area contributed by atoms with Gasteiger partial charge in [0, 0.05) is 11.3 Å². The second-order valence-corrected chi connectivity index (χ2v) is 6.72. The molecule has 2 fully saturated rings. The summed E-state index contributed by atoms with van der Waals surface area (Å²) in [5.41, 5.74) is 0. The SMILES string of the molecule is Cl[C@@H]1C(C(Cl)(Cl)Cl)[C@@H]2CC[C@H]1C2. The largest absolute Gasteiger partial charge is 0.195 e. The van der Waals surface area contributed by atoms with E-state index < -0.39 is 3.79 Å². The maximum absolute atomic E-state index is 6.21. The van der Waals surface area contributed by atoms with Gasteiger partial charge in [0.25, 0.3) is 0 Å². The van der Waals surface area contributed by atoms with Crippen LogP contribution in [0.4, 0.5) is 0 Å². The van der Waals surface area contributed by atoms with Gasteiger partial charge in [-0.1, -0.05) is 34.8 Å². The molecule has 0 aromatic rings. The van der Waals surface area contributed by atoms with Crippen molar-refractivity contribution in [2.24, 2.45) is 17.8 Å². The first-order valence-corrected chi connectivity index (χ1v) is 5.78. The van der Waals surface area contributed by atoms with Crippen LogP contribution in [0.1, 0.15) is 19.3 Å². The predicted octanol–water partition coefficient (Wildman–Crippen LogP) is 4.01. The average molecular weight is 248 g/mol. The van der Waals surface area contributed by atoms with E-state index in [2.05, 4.69) is 0 Å². The summed E-state index contributed by atoms with van der Waals surface area (Å²) < 4.78 is -1.16. The van der Waals surface area contributed by atoms with Gasteiger partial charge in [0.2, 0.25) is 0 Å². The van der Waals surface area contributed by atoms with Gasteiger partial charge in [-0.05, 0) is 31.1 Å². The molecule has 0 aromatic heterocycles. The highest BCUT2D eigenvalue weighted by molar-refractivity contribution is 6.68. The molecule has 4 heteroatoms. The summed E-state index contributed by atoms with van der Waals surface area (Å²) in [5.74, 6) is 1.21. The Balaban J connectivity index is 2.17. The standard InChI is InChI=1S/C8H10Cl4/c9-7-5-2-1-4(3-5)6(7)8(10,11)12/h4-7H,1-3H2/t4-,5+,6?,7+/m1/s1. The molecule has 70 valence electrons. The van der Waals surface area contributed by atoms with Crippen LogP contribution in [0.5, 0.6) is 0 Å². The summed E-state index contributed by atoms with van der Waals surface area (Å²) in [6, 6.07) is 0. The number of rotatable bonds is 0. The maximum atomic E-state index is 6.21. The molecule has 2 rings (SSSR count). The van der Waals surface area contributed by atoms with Crippen LogP contribution < -0.4 is 0 Å². The van der Waals surface area contributed by atoms with Gasteiger partial charge >= 0.3 is 0 Å². The van der Waals surface area contributed by atoms with Gasteiger partial charge < -0.3 is 0 Å². The van der Waals surface area contributed by atoms with Gasteiger partial charge in [-0.15, -0.1) is 11.6 Å². The van der Waals surface area contributed by atoms with Crippen molar-refractivity contribution in [3.63, 3.8) is 0 Å². The van der Waals surface area contributed by atoms with Crippen molar-refractivity contribution >= 4 is 46.4 Å². The van der Waals surface area contributed by atoms with E-state index >= 15 is 0 Å². The van der Waals surface area contributed by atoms with Crippen LogP contribution in [-0.4, -0.2) is 9.17 Å². The Morgan fingerprint density at radius 1 is 1.00 bits per heavy atom. The fourth-order valence-corrected chi connectivity index (χ4v) is 4.43. The van der Waals surface area contributed by atoms with Crippen molar-refractivity contribution in [1.82, 2.24) is 0 Å². The molecule has 0 heterocycles. The van der Waals surface area contributed by atoms with E-state index in [1.165, 1.54) is 12.8 Å². The van der Waals surface area contributed by atoms with E-state index in [-0.39, 0.29) is 11.3 Å². The third kappa shape index (κ3) is 1.45. The van der Waals surface area contributed by atoms with Crippen LogP contribution in [0.2, 0.25) is 0 Å². The summed E-state index contributed by atoms with van der Waals surface area (Å²) in [6.45, 7) is 0. The zero-order valence-electron chi connectivity index (χ0n) is 6.44. The topological polar surface area (TPSA) is 0 Å². The minimum atomic E-state index is -1.16. The molecule has 0 N–H and O–H groups in total. The van der Waals surface area contributed by atoms with Gasteiger partial charge in [-0.3, -0.25) is 0 Å². The molecule has 0 radical (unpaired) electrons. The van der Waals surface area contributed by atoms with Crippen LogP contribution in [0.3, 0.4) is 0 Å². The molecule has 2 bridgehead atoms.